The Morgan fingerprint density at radius 1 is 1.37 bits per heavy atom. The lowest BCUT2D eigenvalue weighted by molar-refractivity contribution is -0.380. The number of thiophene rings is 2. The number of nitrogens with one attached hydrogen (secondary N) is 1. The molecule has 2 aromatic rings. The molecule has 3 heterocycles. The van der Waals surface area contributed by atoms with E-state index in [-0.39, 0.29) is 23.7 Å². The van der Waals surface area contributed by atoms with Gasteiger partial charge >= 0.3 is 11.1 Å². The van der Waals surface area contributed by atoms with E-state index in [0.717, 1.165) is 21.8 Å². The SMILES string of the molecule is CCOC(=O)N1CCc2c(sc(NC(=O)/C=C/c3ccc([N+](=O)[O-])s3)c2C(N)=O)C1. The van der Waals surface area contributed by atoms with Crippen LogP contribution in [0.2, 0.25) is 0 Å². The average Bonchev–Trinajstić information content (AvgIpc) is 3.30. The maximum atomic E-state index is 12.3. The maximum Gasteiger partial charge on any atom is 0.410 e. The largest absolute Gasteiger partial charge is 0.450 e. The molecule has 30 heavy (non-hydrogen) atoms. The monoisotopic (exact) mass is 450 g/mol. The van der Waals surface area contributed by atoms with Crippen molar-refractivity contribution in [3.05, 3.63) is 49.2 Å². The number of primary amides is 1. The summed E-state index contributed by atoms with van der Waals surface area (Å²) in [4.78, 5) is 49.3. The van der Waals surface area contributed by atoms with E-state index in [0.29, 0.717) is 22.8 Å². The number of rotatable bonds is 6. The summed E-state index contributed by atoms with van der Waals surface area (Å²) >= 11 is 2.12. The second-order valence-corrected chi connectivity index (χ2v) is 8.40. The van der Waals surface area contributed by atoms with Crippen molar-refractivity contribution in [3.63, 3.8) is 0 Å². The summed E-state index contributed by atoms with van der Waals surface area (Å²) in [6.45, 7) is 2.64. The number of nitrogens with zero attached hydrogens (tertiary/aromatic N) is 2. The smallest absolute Gasteiger partial charge is 0.410 e. The maximum absolute atomic E-state index is 12.3. The fraction of sp³-hybridized carbons (Fsp3) is 0.278. The molecule has 3 N–H and O–H groups in total. The van der Waals surface area contributed by atoms with Gasteiger partial charge in [0.15, 0.2) is 0 Å². The number of nitro groups is 1. The highest BCUT2D eigenvalue weighted by atomic mass is 32.1. The molecule has 0 aromatic carbocycles. The van der Waals surface area contributed by atoms with Crippen LogP contribution in [0.5, 0.6) is 0 Å². The van der Waals surface area contributed by atoms with Gasteiger partial charge in [0.25, 0.3) is 5.91 Å². The molecule has 0 aliphatic carbocycles. The van der Waals surface area contributed by atoms with E-state index in [1.54, 1.807) is 6.92 Å². The highest BCUT2D eigenvalue weighted by molar-refractivity contribution is 7.17. The molecule has 2 aromatic heterocycles. The minimum atomic E-state index is -0.662. The molecule has 0 atom stereocenters. The molecule has 0 bridgehead atoms. The van der Waals surface area contributed by atoms with Gasteiger partial charge in [0.2, 0.25) is 5.91 Å². The fourth-order valence-corrected chi connectivity index (χ4v) is 4.96. The first-order valence-corrected chi connectivity index (χ1v) is 10.5. The summed E-state index contributed by atoms with van der Waals surface area (Å²) in [6.07, 6.45) is 2.67. The molecule has 158 valence electrons. The first kappa shape index (κ1) is 21.5. The van der Waals surface area contributed by atoms with Crippen LogP contribution in [0, 0.1) is 10.1 Å². The normalized spacial score (nSPS) is 13.2. The predicted molar refractivity (Wildman–Crippen MR) is 113 cm³/mol. The van der Waals surface area contributed by atoms with Gasteiger partial charge in [-0.05, 0) is 31.1 Å². The van der Waals surface area contributed by atoms with Crippen LogP contribution < -0.4 is 11.1 Å². The second-order valence-electron chi connectivity index (χ2n) is 6.20. The van der Waals surface area contributed by atoms with Gasteiger partial charge in [-0.25, -0.2) is 4.79 Å². The van der Waals surface area contributed by atoms with Crippen molar-refractivity contribution in [2.45, 2.75) is 19.9 Å². The first-order chi connectivity index (χ1) is 14.3. The second kappa shape index (κ2) is 9.05. The Balaban J connectivity index is 1.76. The summed E-state index contributed by atoms with van der Waals surface area (Å²) in [6, 6.07) is 2.89. The van der Waals surface area contributed by atoms with Gasteiger partial charge in [-0.2, -0.15) is 0 Å². The van der Waals surface area contributed by atoms with Crippen molar-refractivity contribution in [1.82, 2.24) is 4.90 Å². The molecule has 0 unspecified atom stereocenters. The molecule has 1 aliphatic rings. The van der Waals surface area contributed by atoms with Gasteiger partial charge in [0.1, 0.15) is 5.00 Å². The van der Waals surface area contributed by atoms with Crippen LogP contribution in [0.15, 0.2) is 18.2 Å². The van der Waals surface area contributed by atoms with Crippen LogP contribution in [-0.2, 0) is 22.5 Å². The molecule has 0 fully saturated rings. The minimum absolute atomic E-state index is 0.0249. The number of hydrogen-bond acceptors (Lipinski definition) is 8. The molecular formula is C18H18N4O6S2. The standard InChI is InChI=1S/C18H18N4O6S2/c1-2-28-18(25)21-8-7-11-12(9-21)30-17(15(11)16(19)24)20-13(23)5-3-10-4-6-14(29-10)22(26)27/h3-6H,2,7-9H2,1H3,(H2,19,24)(H,20,23)/b5-3+. The van der Waals surface area contributed by atoms with E-state index in [1.807, 2.05) is 0 Å². The Morgan fingerprint density at radius 3 is 2.77 bits per heavy atom. The van der Waals surface area contributed by atoms with Gasteiger partial charge in [0.05, 0.1) is 23.6 Å². The number of carbonyl (C=O) groups is 3. The van der Waals surface area contributed by atoms with Crippen molar-refractivity contribution < 1.29 is 24.0 Å². The van der Waals surface area contributed by atoms with E-state index in [1.165, 1.54) is 40.5 Å². The van der Waals surface area contributed by atoms with Crippen molar-refractivity contribution >= 4 is 56.7 Å². The molecule has 3 rings (SSSR count). The third kappa shape index (κ3) is 4.66. The Bertz CT molecular complexity index is 1040. The number of fused-ring (bicyclic) bond motifs is 1. The van der Waals surface area contributed by atoms with Crippen molar-refractivity contribution in [2.24, 2.45) is 5.73 Å². The van der Waals surface area contributed by atoms with Crippen LogP contribution in [0.25, 0.3) is 6.08 Å². The van der Waals surface area contributed by atoms with Gasteiger partial charge in [-0.15, -0.1) is 11.3 Å². The Labute approximate surface area is 179 Å². The molecule has 1 aliphatic heterocycles. The zero-order valence-corrected chi connectivity index (χ0v) is 17.5. The topological polar surface area (TPSA) is 145 Å². The summed E-state index contributed by atoms with van der Waals surface area (Å²) in [5.41, 5.74) is 6.49. The number of anilines is 1. The molecule has 0 spiro atoms. The summed E-state index contributed by atoms with van der Waals surface area (Å²) in [5.74, 6) is -1.17. The Morgan fingerprint density at radius 2 is 2.13 bits per heavy atom. The average molecular weight is 450 g/mol. The highest BCUT2D eigenvalue weighted by Gasteiger charge is 2.29. The molecule has 12 heteroatoms. The van der Waals surface area contributed by atoms with E-state index in [9.17, 15) is 24.5 Å². The Kier molecular flexibility index (Phi) is 6.47. The number of amides is 3. The molecule has 0 radical (unpaired) electrons. The van der Waals surface area contributed by atoms with Crippen molar-refractivity contribution in [1.29, 1.82) is 0 Å². The molecule has 0 saturated carbocycles. The lowest BCUT2D eigenvalue weighted by Gasteiger charge is -2.26. The number of nitrogens with two attached hydrogens (primary N) is 1. The number of ether oxygens (including phenoxy) is 1. The van der Waals surface area contributed by atoms with Gasteiger partial charge in [0, 0.05) is 28.4 Å². The third-order valence-electron chi connectivity index (χ3n) is 4.26. The summed E-state index contributed by atoms with van der Waals surface area (Å²) in [5, 5.41) is 13.7. The van der Waals surface area contributed by atoms with E-state index in [2.05, 4.69) is 5.32 Å². The van der Waals surface area contributed by atoms with Crippen molar-refractivity contribution in [3.8, 4) is 0 Å². The van der Waals surface area contributed by atoms with Crippen molar-refractivity contribution in [2.75, 3.05) is 18.5 Å². The van der Waals surface area contributed by atoms with Gasteiger partial charge in [-0.3, -0.25) is 19.7 Å². The molecule has 3 amide bonds. The van der Waals surface area contributed by atoms with Gasteiger partial charge < -0.3 is 20.7 Å². The molecule has 0 saturated heterocycles. The van der Waals surface area contributed by atoms with E-state index >= 15 is 0 Å². The lowest BCUT2D eigenvalue weighted by atomic mass is 10.0. The quantitative estimate of drug-likeness (QED) is 0.393. The van der Waals surface area contributed by atoms with Gasteiger partial charge in [-0.1, -0.05) is 11.3 Å². The number of hydrogen-bond donors (Lipinski definition) is 2. The number of carbonyl (C=O) groups excluding carboxylic acids is 3. The van der Waals surface area contributed by atoms with E-state index in [4.69, 9.17) is 10.5 Å². The van der Waals surface area contributed by atoms with Crippen LogP contribution in [0.1, 0.15) is 32.6 Å². The third-order valence-corrected chi connectivity index (χ3v) is 6.39. The van der Waals surface area contributed by atoms with Crippen LogP contribution in [0.4, 0.5) is 14.8 Å². The van der Waals surface area contributed by atoms with E-state index < -0.39 is 22.8 Å². The zero-order valence-electron chi connectivity index (χ0n) is 15.9. The Hall–Kier alpha value is -3.25. The first-order valence-electron chi connectivity index (χ1n) is 8.89. The fourth-order valence-electron chi connectivity index (χ4n) is 2.96. The highest BCUT2D eigenvalue weighted by Crippen LogP contribution is 2.37. The lowest BCUT2D eigenvalue weighted by Crippen LogP contribution is -2.36. The van der Waals surface area contributed by atoms with Crippen LogP contribution >= 0.6 is 22.7 Å². The molecular weight excluding hydrogens is 432 g/mol. The zero-order chi connectivity index (χ0) is 21.8. The molecule has 10 nitrogen and oxygen atoms in total. The predicted octanol–water partition coefficient (Wildman–Crippen LogP) is 2.98. The summed E-state index contributed by atoms with van der Waals surface area (Å²) in [7, 11) is 0. The van der Waals surface area contributed by atoms with Crippen LogP contribution in [0.3, 0.4) is 0 Å². The minimum Gasteiger partial charge on any atom is -0.450 e. The summed E-state index contributed by atoms with van der Waals surface area (Å²) < 4.78 is 5.02. The van der Waals surface area contributed by atoms with Crippen LogP contribution in [-0.4, -0.2) is 40.9 Å².